The fourth-order valence-corrected chi connectivity index (χ4v) is 1.04. The van der Waals surface area contributed by atoms with Crippen LogP contribution in [-0.2, 0) is 9.53 Å². The minimum absolute atomic E-state index is 0.632. The Balaban J connectivity index is 5.76. The van der Waals surface area contributed by atoms with Crippen LogP contribution in [0.15, 0.2) is 12.2 Å². The van der Waals surface area contributed by atoms with Crippen LogP contribution in [0.4, 0.5) is 48.3 Å². The number of ether oxygens (including phenoxy) is 1. The number of rotatable bonds is 6. The highest BCUT2D eigenvalue weighted by Gasteiger charge is 2.83. The summed E-state index contributed by atoms with van der Waals surface area (Å²) in [5.41, 5.74) is -0.981. The maximum absolute atomic E-state index is 13.0. The molecule has 0 aliphatic carbocycles. The van der Waals surface area contributed by atoms with Crippen LogP contribution < -0.4 is 0 Å². The van der Waals surface area contributed by atoms with E-state index in [1.807, 2.05) is 0 Å². The lowest BCUT2D eigenvalue weighted by atomic mass is 10.0. The Morgan fingerprint density at radius 3 is 1.57 bits per heavy atom. The number of hydrogen-bond acceptors (Lipinski definition) is 2. The van der Waals surface area contributed by atoms with E-state index in [1.165, 1.54) is 0 Å². The first-order chi connectivity index (χ1) is 9.78. The molecule has 0 aromatic carbocycles. The van der Waals surface area contributed by atoms with Gasteiger partial charge in [-0.25, -0.2) is 4.79 Å². The predicted molar refractivity (Wildman–Crippen MR) is 51.4 cm³/mol. The lowest BCUT2D eigenvalue weighted by molar-refractivity contribution is -0.421. The van der Waals surface area contributed by atoms with Gasteiger partial charge in [-0.2, -0.15) is 48.3 Å². The van der Waals surface area contributed by atoms with Gasteiger partial charge in [0.1, 0.15) is 6.42 Å². The predicted octanol–water partition coefficient (Wildman–Crippen LogP) is 4.56. The molecule has 0 unspecified atom stereocenters. The van der Waals surface area contributed by atoms with Crippen LogP contribution in [0.3, 0.4) is 0 Å². The zero-order valence-corrected chi connectivity index (χ0v) is 10.9. The van der Waals surface area contributed by atoms with Crippen LogP contribution in [0, 0.1) is 0 Å². The molecule has 0 saturated heterocycles. The molecular formula is C10H7F11O2. The second-order valence-corrected chi connectivity index (χ2v) is 4.33. The van der Waals surface area contributed by atoms with Gasteiger partial charge in [0.25, 0.3) is 0 Å². The Morgan fingerprint density at radius 2 is 1.26 bits per heavy atom. The first-order valence-electron chi connectivity index (χ1n) is 5.25. The van der Waals surface area contributed by atoms with E-state index < -0.39 is 48.0 Å². The molecule has 0 atom stereocenters. The first-order valence-corrected chi connectivity index (χ1v) is 5.25. The van der Waals surface area contributed by atoms with Crippen molar-refractivity contribution in [2.24, 2.45) is 0 Å². The zero-order chi connectivity index (χ0) is 19.1. The van der Waals surface area contributed by atoms with Crippen molar-refractivity contribution in [2.75, 3.05) is 0 Å². The Kier molecular flexibility index (Phi) is 5.42. The molecule has 0 rings (SSSR count). The van der Waals surface area contributed by atoms with Gasteiger partial charge >= 0.3 is 36.0 Å². The summed E-state index contributed by atoms with van der Waals surface area (Å²) in [6.07, 6.45) is -16.4. The normalized spacial score (nSPS) is 14.6. The zero-order valence-electron chi connectivity index (χ0n) is 10.9. The second kappa shape index (κ2) is 5.82. The Hall–Kier alpha value is -1.56. The monoisotopic (exact) mass is 368 g/mol. The van der Waals surface area contributed by atoms with Gasteiger partial charge in [-0.05, 0) is 6.92 Å². The lowest BCUT2D eigenvalue weighted by Crippen LogP contribution is -2.64. The third kappa shape index (κ3) is 4.25. The van der Waals surface area contributed by atoms with E-state index in [0.717, 1.165) is 0 Å². The van der Waals surface area contributed by atoms with E-state index in [4.69, 9.17) is 0 Å². The van der Waals surface area contributed by atoms with Gasteiger partial charge in [0.2, 0.25) is 0 Å². The number of halogens is 11. The van der Waals surface area contributed by atoms with Gasteiger partial charge in [-0.15, -0.1) is 0 Å². The quantitative estimate of drug-likeness (QED) is 0.391. The molecule has 0 saturated carbocycles. The van der Waals surface area contributed by atoms with Gasteiger partial charge in [-0.1, -0.05) is 6.58 Å². The van der Waals surface area contributed by atoms with Crippen molar-refractivity contribution < 1.29 is 57.8 Å². The van der Waals surface area contributed by atoms with Gasteiger partial charge in [-0.3, -0.25) is 0 Å². The van der Waals surface area contributed by atoms with Crippen LogP contribution in [-0.4, -0.2) is 36.0 Å². The summed E-state index contributed by atoms with van der Waals surface area (Å²) in [6, 6.07) is 0. The summed E-state index contributed by atoms with van der Waals surface area (Å²) >= 11 is 0. The molecule has 136 valence electrons. The van der Waals surface area contributed by atoms with Gasteiger partial charge < -0.3 is 4.74 Å². The molecule has 13 heteroatoms. The maximum atomic E-state index is 13.0. The molecule has 0 aromatic rings. The van der Waals surface area contributed by atoms with Crippen molar-refractivity contribution in [1.29, 1.82) is 0 Å². The average molecular weight is 368 g/mol. The third-order valence-electron chi connectivity index (χ3n) is 2.21. The van der Waals surface area contributed by atoms with Crippen LogP contribution in [0.2, 0.25) is 0 Å². The fourth-order valence-electron chi connectivity index (χ4n) is 1.04. The summed E-state index contributed by atoms with van der Waals surface area (Å²) in [4.78, 5) is 10.7. The van der Waals surface area contributed by atoms with E-state index >= 15 is 0 Å². The molecule has 0 heterocycles. The lowest BCUT2D eigenvalue weighted by Gasteiger charge is -2.36. The van der Waals surface area contributed by atoms with Crippen molar-refractivity contribution in [3.63, 3.8) is 0 Å². The Morgan fingerprint density at radius 1 is 0.870 bits per heavy atom. The third-order valence-corrected chi connectivity index (χ3v) is 2.21. The molecule has 0 fully saturated rings. The van der Waals surface area contributed by atoms with Gasteiger partial charge in [0, 0.05) is 5.57 Å². The molecule has 0 spiro atoms. The number of alkyl halides is 11. The molecule has 23 heavy (non-hydrogen) atoms. The number of esters is 1. The second-order valence-electron chi connectivity index (χ2n) is 4.33. The molecular weight excluding hydrogens is 361 g/mol. The van der Waals surface area contributed by atoms with Crippen molar-refractivity contribution in [1.82, 2.24) is 0 Å². The molecule has 0 bridgehead atoms. The van der Waals surface area contributed by atoms with Gasteiger partial charge in [0.05, 0.1) is 0 Å². The van der Waals surface area contributed by atoms with Crippen LogP contribution >= 0.6 is 0 Å². The van der Waals surface area contributed by atoms with E-state index in [9.17, 15) is 53.1 Å². The number of hydrogen-bond donors (Lipinski definition) is 0. The molecule has 2 nitrogen and oxygen atoms in total. The van der Waals surface area contributed by atoms with E-state index in [2.05, 4.69) is 11.3 Å². The van der Waals surface area contributed by atoms with Crippen LogP contribution in [0.25, 0.3) is 0 Å². The molecule has 0 N–H and O–H groups in total. The van der Waals surface area contributed by atoms with Crippen LogP contribution in [0.5, 0.6) is 0 Å². The highest BCUT2D eigenvalue weighted by Crippen LogP contribution is 2.55. The Bertz CT molecular complexity index is 478. The maximum Gasteiger partial charge on any atom is 0.473 e. The number of carbonyl (C=O) groups excluding carboxylic acids is 1. The van der Waals surface area contributed by atoms with Crippen molar-refractivity contribution in [3.8, 4) is 0 Å². The standard InChI is InChI=1S/C10H7F11O2/c1-4(2)5(22)23-10(20,21)9(18,19)8(16,17)6(11,12)3-7(13,14)15/h1,3H2,2H3. The largest absolute Gasteiger partial charge is 0.473 e. The highest BCUT2D eigenvalue weighted by atomic mass is 19.4. The SMILES string of the molecule is C=C(C)C(=O)OC(F)(F)C(F)(F)C(F)(F)C(F)(F)CC(F)(F)F. The average Bonchev–Trinajstić information content (AvgIpc) is 2.23. The van der Waals surface area contributed by atoms with E-state index in [1.54, 1.807) is 0 Å². The summed E-state index contributed by atoms with van der Waals surface area (Å²) in [7, 11) is 0. The van der Waals surface area contributed by atoms with Crippen molar-refractivity contribution in [2.45, 2.75) is 43.4 Å². The molecule has 0 amide bonds. The molecule has 0 radical (unpaired) electrons. The molecule has 0 aliphatic rings. The summed E-state index contributed by atoms with van der Waals surface area (Å²) in [6.45, 7) is 3.28. The number of carbonyl (C=O) groups is 1. The van der Waals surface area contributed by atoms with Crippen molar-refractivity contribution >= 4 is 5.97 Å². The smallest absolute Gasteiger partial charge is 0.393 e. The fraction of sp³-hybridized carbons (Fsp3) is 0.700. The Labute approximate surface area is 120 Å². The minimum Gasteiger partial charge on any atom is -0.393 e. The summed E-state index contributed by atoms with van der Waals surface area (Å²) in [5.74, 6) is -23.3. The van der Waals surface area contributed by atoms with E-state index in [0.29, 0.717) is 6.92 Å². The highest BCUT2D eigenvalue weighted by molar-refractivity contribution is 5.87. The van der Waals surface area contributed by atoms with Gasteiger partial charge in [0.15, 0.2) is 0 Å². The first kappa shape index (κ1) is 21.4. The molecule has 0 aromatic heterocycles. The topological polar surface area (TPSA) is 26.3 Å². The van der Waals surface area contributed by atoms with E-state index in [-0.39, 0.29) is 0 Å². The van der Waals surface area contributed by atoms with Crippen LogP contribution in [0.1, 0.15) is 13.3 Å². The summed E-state index contributed by atoms with van der Waals surface area (Å²) in [5, 5.41) is 0. The minimum atomic E-state index is -7.19. The van der Waals surface area contributed by atoms with Crippen molar-refractivity contribution in [3.05, 3.63) is 12.2 Å². The molecule has 0 aliphatic heterocycles. The summed E-state index contributed by atoms with van der Waals surface area (Å²) < 4.78 is 141.